The number of benzene rings is 3. The number of carbonyl (C=O) groups excluding carboxylic acids is 3. The van der Waals surface area contributed by atoms with E-state index in [0.29, 0.717) is 21.8 Å². The van der Waals surface area contributed by atoms with Gasteiger partial charge in [0.1, 0.15) is 0 Å². The molecule has 0 spiro atoms. The summed E-state index contributed by atoms with van der Waals surface area (Å²) < 4.78 is 5.51. The summed E-state index contributed by atoms with van der Waals surface area (Å²) in [5, 5.41) is 3.20. The number of hydrogen-bond donors (Lipinski definition) is 1. The Labute approximate surface area is 173 Å². The lowest BCUT2D eigenvalue weighted by atomic mass is 10.1. The average molecular weight is 408 g/mol. The van der Waals surface area contributed by atoms with Gasteiger partial charge >= 0.3 is 5.97 Å². The van der Waals surface area contributed by atoms with Crippen molar-refractivity contribution in [3.63, 3.8) is 0 Å². The Hall–Kier alpha value is -3.44. The number of esters is 1. The number of ketones is 1. The minimum Gasteiger partial charge on any atom is -0.444 e. The van der Waals surface area contributed by atoms with Crippen molar-refractivity contribution in [3.05, 3.63) is 101 Å². The average Bonchev–Trinajstić information content (AvgIpc) is 2.73. The lowest BCUT2D eigenvalue weighted by Gasteiger charge is -2.18. The Morgan fingerprint density at radius 1 is 0.862 bits per heavy atom. The Morgan fingerprint density at radius 2 is 1.55 bits per heavy atom. The van der Waals surface area contributed by atoms with Crippen molar-refractivity contribution in [2.24, 2.45) is 0 Å². The van der Waals surface area contributed by atoms with Crippen molar-refractivity contribution in [1.82, 2.24) is 0 Å². The first-order valence-corrected chi connectivity index (χ1v) is 9.25. The van der Waals surface area contributed by atoms with Gasteiger partial charge < -0.3 is 10.1 Å². The van der Waals surface area contributed by atoms with E-state index in [-0.39, 0.29) is 11.3 Å². The lowest BCUT2D eigenvalue weighted by Crippen LogP contribution is -2.26. The third-order valence-electron chi connectivity index (χ3n) is 4.18. The molecule has 3 aromatic rings. The fraction of sp³-hybridized carbons (Fsp3) is 0.0870. The van der Waals surface area contributed by atoms with Crippen molar-refractivity contribution < 1.29 is 19.1 Å². The number of Topliss-reactive ketones (excluding diaryl/α,β-unsaturated/α-hetero) is 1. The molecule has 0 bridgehead atoms. The zero-order valence-electron chi connectivity index (χ0n) is 15.6. The topological polar surface area (TPSA) is 72.5 Å². The molecule has 29 heavy (non-hydrogen) atoms. The molecule has 5 nitrogen and oxygen atoms in total. The maximum atomic E-state index is 12.9. The third-order valence-corrected chi connectivity index (χ3v) is 4.43. The molecule has 0 heterocycles. The normalized spacial score (nSPS) is 11.4. The standard InChI is InChI=1S/C23H18ClNO4/c1-15(26)18-8-5-9-20(14-18)25-22(27)21(16-6-3-2-4-7-16)29-23(28)17-10-12-19(24)13-11-17/h2-14,21H,1H3,(H,25,27)/t21-/m0/s1. The van der Waals surface area contributed by atoms with Gasteiger partial charge in [0.25, 0.3) is 5.91 Å². The van der Waals surface area contributed by atoms with Crippen LogP contribution in [0.1, 0.15) is 39.3 Å². The van der Waals surface area contributed by atoms with Gasteiger partial charge in [0.2, 0.25) is 6.10 Å². The second-order valence-electron chi connectivity index (χ2n) is 6.33. The fourth-order valence-corrected chi connectivity index (χ4v) is 2.81. The molecule has 3 aromatic carbocycles. The van der Waals surface area contributed by atoms with E-state index < -0.39 is 18.0 Å². The van der Waals surface area contributed by atoms with Gasteiger partial charge in [-0.3, -0.25) is 9.59 Å². The minimum atomic E-state index is -1.17. The van der Waals surface area contributed by atoms with Gasteiger partial charge in [-0.25, -0.2) is 4.79 Å². The number of ether oxygens (including phenoxy) is 1. The number of hydrogen-bond acceptors (Lipinski definition) is 4. The summed E-state index contributed by atoms with van der Waals surface area (Å²) in [7, 11) is 0. The van der Waals surface area contributed by atoms with Gasteiger partial charge in [-0.1, -0.05) is 54.1 Å². The highest BCUT2D eigenvalue weighted by atomic mass is 35.5. The van der Waals surface area contributed by atoms with E-state index in [4.69, 9.17) is 16.3 Å². The van der Waals surface area contributed by atoms with Gasteiger partial charge in [0, 0.05) is 21.8 Å². The Bertz CT molecular complexity index is 1030. The molecule has 0 aliphatic rings. The molecule has 6 heteroatoms. The minimum absolute atomic E-state index is 0.116. The second kappa shape index (κ2) is 9.17. The molecule has 1 amide bonds. The summed E-state index contributed by atoms with van der Waals surface area (Å²) in [6.07, 6.45) is -1.17. The van der Waals surface area contributed by atoms with E-state index in [1.807, 2.05) is 0 Å². The second-order valence-corrected chi connectivity index (χ2v) is 6.77. The molecule has 0 fully saturated rings. The molecule has 0 saturated heterocycles. The first-order chi connectivity index (χ1) is 13.9. The predicted molar refractivity (Wildman–Crippen MR) is 111 cm³/mol. The van der Waals surface area contributed by atoms with Gasteiger partial charge in [-0.15, -0.1) is 0 Å². The van der Waals surface area contributed by atoms with Crippen molar-refractivity contribution in [2.75, 3.05) is 5.32 Å². The van der Waals surface area contributed by atoms with Crippen LogP contribution in [0.25, 0.3) is 0 Å². The molecular formula is C23H18ClNO4. The smallest absolute Gasteiger partial charge is 0.339 e. The number of nitrogens with one attached hydrogen (secondary N) is 1. The van der Waals surface area contributed by atoms with Gasteiger partial charge in [0.15, 0.2) is 5.78 Å². The lowest BCUT2D eigenvalue weighted by molar-refractivity contribution is -0.125. The van der Waals surface area contributed by atoms with Crippen LogP contribution >= 0.6 is 11.6 Å². The summed E-state index contributed by atoms with van der Waals surface area (Å²) in [6, 6.07) is 21.5. The summed E-state index contributed by atoms with van der Waals surface area (Å²) in [5.74, 6) is -1.29. The molecule has 0 aliphatic carbocycles. The summed E-state index contributed by atoms with van der Waals surface area (Å²) >= 11 is 5.85. The molecular weight excluding hydrogens is 390 g/mol. The van der Waals surface area contributed by atoms with Crippen molar-refractivity contribution in [2.45, 2.75) is 13.0 Å². The zero-order chi connectivity index (χ0) is 20.8. The molecule has 0 saturated carbocycles. The van der Waals surface area contributed by atoms with Crippen LogP contribution in [0.2, 0.25) is 5.02 Å². The maximum Gasteiger partial charge on any atom is 0.339 e. The Kier molecular flexibility index (Phi) is 6.42. The van der Waals surface area contributed by atoms with Gasteiger partial charge in [-0.2, -0.15) is 0 Å². The van der Waals surface area contributed by atoms with Crippen LogP contribution in [0.5, 0.6) is 0 Å². The van der Waals surface area contributed by atoms with E-state index in [0.717, 1.165) is 0 Å². The largest absolute Gasteiger partial charge is 0.444 e. The van der Waals surface area contributed by atoms with E-state index in [9.17, 15) is 14.4 Å². The zero-order valence-corrected chi connectivity index (χ0v) is 16.3. The SMILES string of the molecule is CC(=O)c1cccc(NC(=O)[C@@H](OC(=O)c2ccc(Cl)cc2)c2ccccc2)c1. The van der Waals surface area contributed by atoms with Crippen LogP contribution in [0.4, 0.5) is 5.69 Å². The molecule has 0 aliphatic heterocycles. The highest BCUT2D eigenvalue weighted by Crippen LogP contribution is 2.23. The predicted octanol–water partition coefficient (Wildman–Crippen LogP) is 5.08. The van der Waals surface area contributed by atoms with Gasteiger partial charge in [-0.05, 0) is 43.3 Å². The van der Waals surface area contributed by atoms with Crippen LogP contribution < -0.4 is 5.32 Å². The van der Waals surface area contributed by atoms with Crippen molar-refractivity contribution >= 4 is 34.9 Å². The van der Waals surface area contributed by atoms with Crippen LogP contribution in [0, 0.1) is 0 Å². The van der Waals surface area contributed by atoms with E-state index in [2.05, 4.69) is 5.32 Å². The molecule has 146 valence electrons. The maximum absolute atomic E-state index is 12.9. The quantitative estimate of drug-likeness (QED) is 0.457. The summed E-state index contributed by atoms with van der Waals surface area (Å²) in [4.78, 5) is 37.0. The van der Waals surface area contributed by atoms with Crippen LogP contribution in [-0.4, -0.2) is 17.7 Å². The first kappa shape index (κ1) is 20.3. The number of amides is 1. The Balaban J connectivity index is 1.84. The molecule has 0 aromatic heterocycles. The summed E-state index contributed by atoms with van der Waals surface area (Å²) in [5.41, 5.74) is 1.71. The summed E-state index contributed by atoms with van der Waals surface area (Å²) in [6.45, 7) is 1.45. The van der Waals surface area contributed by atoms with E-state index in [1.54, 1.807) is 66.7 Å². The highest BCUT2D eigenvalue weighted by molar-refractivity contribution is 6.30. The fourth-order valence-electron chi connectivity index (χ4n) is 2.69. The number of anilines is 1. The van der Waals surface area contributed by atoms with Crippen molar-refractivity contribution in [3.8, 4) is 0 Å². The first-order valence-electron chi connectivity index (χ1n) is 8.87. The van der Waals surface area contributed by atoms with Crippen LogP contribution in [0.15, 0.2) is 78.9 Å². The van der Waals surface area contributed by atoms with Crippen LogP contribution in [-0.2, 0) is 9.53 Å². The van der Waals surface area contributed by atoms with Crippen molar-refractivity contribution in [1.29, 1.82) is 0 Å². The van der Waals surface area contributed by atoms with E-state index >= 15 is 0 Å². The number of carbonyl (C=O) groups is 3. The molecule has 0 radical (unpaired) electrons. The van der Waals surface area contributed by atoms with Crippen LogP contribution in [0.3, 0.4) is 0 Å². The Morgan fingerprint density at radius 3 is 2.21 bits per heavy atom. The highest BCUT2D eigenvalue weighted by Gasteiger charge is 2.26. The molecule has 1 atom stereocenters. The monoisotopic (exact) mass is 407 g/mol. The molecule has 1 N–H and O–H groups in total. The number of rotatable bonds is 6. The molecule has 3 rings (SSSR count). The molecule has 0 unspecified atom stereocenters. The third kappa shape index (κ3) is 5.30. The van der Waals surface area contributed by atoms with Gasteiger partial charge in [0.05, 0.1) is 5.56 Å². The number of halogens is 1. The van der Waals surface area contributed by atoms with E-state index in [1.165, 1.54) is 19.1 Å².